The number of carbonyl (C=O) groups is 5. The number of rotatable bonds is 24. The Balaban J connectivity index is 2.90. The van der Waals surface area contributed by atoms with Crippen molar-refractivity contribution in [2.24, 2.45) is 0 Å². The number of hydrogen-bond acceptors (Lipinski definition) is 14. The Morgan fingerprint density at radius 1 is 0.510 bits per heavy atom. The third-order valence-corrected chi connectivity index (χ3v) is 6.77. The van der Waals surface area contributed by atoms with E-state index in [1.54, 1.807) is 62.3 Å². The SMILES string of the molecule is COC(=O)CCOC1CC(OCCC(=O)NC(COCCC(=O)OC(C)(C)C)(COCCC(=O)OC(C)(C)C)COCCC(=O)OC(C)(C)C)C1. The van der Waals surface area contributed by atoms with E-state index < -0.39 is 40.2 Å². The molecule has 1 rings (SSSR count). The Morgan fingerprint density at radius 3 is 1.18 bits per heavy atom. The number of ether oxygens (including phenoxy) is 9. The summed E-state index contributed by atoms with van der Waals surface area (Å²) >= 11 is 0. The quantitative estimate of drug-likeness (QED) is 0.0864. The van der Waals surface area contributed by atoms with Crippen molar-refractivity contribution in [3.8, 4) is 0 Å². The van der Waals surface area contributed by atoms with Crippen molar-refractivity contribution in [2.75, 3.05) is 60.0 Å². The highest BCUT2D eigenvalue weighted by atomic mass is 16.6. The minimum absolute atomic E-state index is 0.00396. The Labute approximate surface area is 303 Å². The maximum Gasteiger partial charge on any atom is 0.308 e. The first-order chi connectivity index (χ1) is 23.6. The van der Waals surface area contributed by atoms with Crippen molar-refractivity contribution in [1.29, 1.82) is 0 Å². The van der Waals surface area contributed by atoms with Gasteiger partial charge in [-0.25, -0.2) is 0 Å². The first-order valence-electron chi connectivity index (χ1n) is 17.6. The zero-order valence-electron chi connectivity index (χ0n) is 32.5. The molecule has 1 N–H and O–H groups in total. The first-order valence-corrected chi connectivity index (χ1v) is 17.6. The monoisotopic (exact) mass is 733 g/mol. The van der Waals surface area contributed by atoms with Gasteiger partial charge >= 0.3 is 23.9 Å². The van der Waals surface area contributed by atoms with Gasteiger partial charge in [-0.05, 0) is 75.2 Å². The molecular weight excluding hydrogens is 670 g/mol. The summed E-state index contributed by atoms with van der Waals surface area (Å²) in [6, 6.07) is 0. The van der Waals surface area contributed by atoms with Crippen molar-refractivity contribution in [3.63, 3.8) is 0 Å². The van der Waals surface area contributed by atoms with Gasteiger partial charge in [-0.2, -0.15) is 0 Å². The lowest BCUT2D eigenvalue weighted by atomic mass is 9.92. The van der Waals surface area contributed by atoms with E-state index in [1.807, 2.05) is 0 Å². The summed E-state index contributed by atoms with van der Waals surface area (Å²) in [7, 11) is 1.33. The summed E-state index contributed by atoms with van der Waals surface area (Å²) in [5.41, 5.74) is -3.22. The zero-order chi connectivity index (χ0) is 38.7. The molecule has 1 aliphatic carbocycles. The molecule has 296 valence electrons. The maximum atomic E-state index is 13.3. The number of amides is 1. The van der Waals surface area contributed by atoms with Gasteiger partial charge in [-0.1, -0.05) is 0 Å². The molecule has 0 aliphatic heterocycles. The van der Waals surface area contributed by atoms with Crippen molar-refractivity contribution in [1.82, 2.24) is 5.32 Å². The largest absolute Gasteiger partial charge is 0.469 e. The van der Waals surface area contributed by atoms with Crippen molar-refractivity contribution in [2.45, 2.75) is 142 Å². The highest BCUT2D eigenvalue weighted by Crippen LogP contribution is 2.26. The van der Waals surface area contributed by atoms with Gasteiger partial charge in [0.05, 0.1) is 97.9 Å². The average Bonchev–Trinajstić information content (AvgIpc) is 2.95. The first kappa shape index (κ1) is 46.2. The van der Waals surface area contributed by atoms with Crippen molar-refractivity contribution in [3.05, 3.63) is 0 Å². The molecule has 1 amide bonds. The van der Waals surface area contributed by atoms with E-state index in [9.17, 15) is 24.0 Å². The highest BCUT2D eigenvalue weighted by Gasteiger charge is 2.35. The van der Waals surface area contributed by atoms with Gasteiger partial charge in [0.15, 0.2) is 0 Å². The van der Waals surface area contributed by atoms with Crippen LogP contribution < -0.4 is 5.32 Å². The maximum absolute atomic E-state index is 13.3. The van der Waals surface area contributed by atoms with Crippen LogP contribution in [0.25, 0.3) is 0 Å². The summed E-state index contributed by atoms with van der Waals surface area (Å²) < 4.78 is 49.8. The van der Waals surface area contributed by atoms with E-state index >= 15 is 0 Å². The standard InChI is InChI=1S/C36H63NO14/c1-33(2,3)49-30(40)12-16-44-23-36(24-45-17-13-31(41)50-34(4,5)6,25-46-18-14-32(42)51-35(7,8)9)37-28(38)11-19-47-26-21-27(22-26)48-20-15-29(39)43-10/h26-27H,11-25H2,1-10H3,(H,37,38). The Bertz CT molecular complexity index is 995. The van der Waals surface area contributed by atoms with Gasteiger partial charge in [-0.15, -0.1) is 0 Å². The zero-order valence-corrected chi connectivity index (χ0v) is 32.5. The minimum Gasteiger partial charge on any atom is -0.469 e. The fourth-order valence-corrected chi connectivity index (χ4v) is 4.56. The van der Waals surface area contributed by atoms with Crippen LogP contribution in [0.5, 0.6) is 0 Å². The molecule has 0 radical (unpaired) electrons. The fourth-order valence-electron chi connectivity index (χ4n) is 4.56. The van der Waals surface area contributed by atoms with E-state index in [1.165, 1.54) is 7.11 Å². The lowest BCUT2D eigenvalue weighted by Crippen LogP contribution is -2.59. The normalized spacial score (nSPS) is 16.5. The highest BCUT2D eigenvalue weighted by molar-refractivity contribution is 5.77. The second-order valence-corrected chi connectivity index (χ2v) is 15.5. The molecule has 51 heavy (non-hydrogen) atoms. The van der Waals surface area contributed by atoms with Crippen LogP contribution in [0.1, 0.15) is 107 Å². The third kappa shape index (κ3) is 24.1. The van der Waals surface area contributed by atoms with E-state index in [0.717, 1.165) is 0 Å². The van der Waals surface area contributed by atoms with Gasteiger partial charge in [0.2, 0.25) is 5.91 Å². The Morgan fingerprint density at radius 2 is 0.843 bits per heavy atom. The smallest absolute Gasteiger partial charge is 0.308 e. The van der Waals surface area contributed by atoms with Gasteiger partial charge in [0.1, 0.15) is 22.3 Å². The van der Waals surface area contributed by atoms with Crippen LogP contribution in [0.15, 0.2) is 0 Å². The van der Waals surface area contributed by atoms with Crippen molar-refractivity contribution < 1.29 is 66.6 Å². The lowest BCUT2D eigenvalue weighted by Gasteiger charge is -2.35. The van der Waals surface area contributed by atoms with Crippen LogP contribution in [0.2, 0.25) is 0 Å². The van der Waals surface area contributed by atoms with E-state index in [-0.39, 0.29) is 109 Å². The second kappa shape index (κ2) is 22.3. The van der Waals surface area contributed by atoms with Crippen LogP contribution >= 0.6 is 0 Å². The number of nitrogens with one attached hydrogen (secondary N) is 1. The minimum atomic E-state index is -1.26. The van der Waals surface area contributed by atoms with Crippen LogP contribution in [0.4, 0.5) is 0 Å². The molecule has 0 atom stereocenters. The fraction of sp³-hybridized carbons (Fsp3) is 0.861. The summed E-state index contributed by atoms with van der Waals surface area (Å²) in [5, 5.41) is 2.96. The van der Waals surface area contributed by atoms with Crippen LogP contribution in [-0.2, 0) is 66.6 Å². The molecule has 0 unspecified atom stereocenters. The molecule has 0 heterocycles. The van der Waals surface area contributed by atoms with Crippen LogP contribution in [-0.4, -0.2) is 124 Å². The summed E-state index contributed by atoms with van der Waals surface area (Å²) in [5.74, 6) is -2.03. The molecule has 15 nitrogen and oxygen atoms in total. The van der Waals surface area contributed by atoms with Crippen LogP contribution in [0.3, 0.4) is 0 Å². The van der Waals surface area contributed by atoms with E-state index in [4.69, 9.17) is 37.9 Å². The summed E-state index contributed by atoms with van der Waals surface area (Å²) in [6.45, 7) is 16.0. The van der Waals surface area contributed by atoms with Gasteiger partial charge in [0.25, 0.3) is 0 Å². The predicted molar refractivity (Wildman–Crippen MR) is 185 cm³/mol. The average molecular weight is 734 g/mol. The van der Waals surface area contributed by atoms with E-state index in [0.29, 0.717) is 12.8 Å². The molecule has 15 heteroatoms. The lowest BCUT2D eigenvalue weighted by molar-refractivity contribution is -0.157. The van der Waals surface area contributed by atoms with Crippen molar-refractivity contribution >= 4 is 29.8 Å². The predicted octanol–water partition coefficient (Wildman–Crippen LogP) is 3.60. The molecule has 1 saturated carbocycles. The topological polar surface area (TPSA) is 180 Å². The number of esters is 4. The van der Waals surface area contributed by atoms with Gasteiger partial charge < -0.3 is 47.9 Å². The van der Waals surface area contributed by atoms with Gasteiger partial charge in [0, 0.05) is 6.42 Å². The Kier molecular flexibility index (Phi) is 20.2. The summed E-state index contributed by atoms with van der Waals surface area (Å²) in [4.78, 5) is 61.4. The third-order valence-electron chi connectivity index (χ3n) is 6.77. The molecule has 1 aliphatic rings. The number of hydrogen-bond donors (Lipinski definition) is 1. The molecule has 0 saturated heterocycles. The molecule has 0 aromatic carbocycles. The van der Waals surface area contributed by atoms with Gasteiger partial charge in [-0.3, -0.25) is 24.0 Å². The molecule has 0 aromatic rings. The molecule has 0 bridgehead atoms. The molecule has 0 spiro atoms. The van der Waals surface area contributed by atoms with E-state index in [2.05, 4.69) is 10.1 Å². The molecule has 1 fully saturated rings. The Hall–Kier alpha value is -2.85. The molecule has 0 aromatic heterocycles. The number of carbonyl (C=O) groups excluding carboxylic acids is 5. The number of methoxy groups -OCH3 is 1. The molecular formula is C36H63NO14. The second-order valence-electron chi connectivity index (χ2n) is 15.5. The van der Waals surface area contributed by atoms with Crippen LogP contribution in [0, 0.1) is 0 Å². The summed E-state index contributed by atoms with van der Waals surface area (Å²) in [6.07, 6.45) is 1.32.